The fourth-order valence-electron chi connectivity index (χ4n) is 2.80. The molecule has 2 aromatic heterocycles. The Bertz CT molecular complexity index is 917. The van der Waals surface area contributed by atoms with E-state index in [9.17, 15) is 4.79 Å². The molecular weight excluding hydrogens is 377 g/mol. The summed E-state index contributed by atoms with van der Waals surface area (Å²) in [7, 11) is 0. The summed E-state index contributed by atoms with van der Waals surface area (Å²) < 4.78 is 1.77. The van der Waals surface area contributed by atoms with E-state index in [1.54, 1.807) is 34.3 Å². The van der Waals surface area contributed by atoms with Gasteiger partial charge in [-0.25, -0.2) is 4.68 Å². The van der Waals surface area contributed by atoms with E-state index in [0.717, 1.165) is 29.1 Å². The highest BCUT2D eigenvalue weighted by atomic mass is 35.5. The second-order valence-corrected chi connectivity index (χ2v) is 7.86. The summed E-state index contributed by atoms with van der Waals surface area (Å²) in [5, 5.41) is 10.5. The Balaban J connectivity index is 1.65. The topological polar surface area (TPSA) is 46.9 Å². The molecule has 0 unspecified atom stereocenters. The molecule has 2 heterocycles. The standard InChI is InChI=1S/C18H15Cl2N3OS/c19-12-5-6-16(15(20)8-12)23-17(11-3-4-11)14(10-22-23)18(24)21-9-13-2-1-7-25-13/h1-2,5-8,10-11H,3-4,9H2,(H,21,24). The van der Waals surface area contributed by atoms with Crippen LogP contribution in [0.3, 0.4) is 0 Å². The molecule has 0 atom stereocenters. The van der Waals surface area contributed by atoms with Crippen molar-refractivity contribution in [2.45, 2.75) is 25.3 Å². The van der Waals surface area contributed by atoms with Crippen molar-refractivity contribution < 1.29 is 4.79 Å². The highest BCUT2D eigenvalue weighted by molar-refractivity contribution is 7.09. The first-order valence-electron chi connectivity index (χ1n) is 7.97. The molecule has 3 aromatic rings. The lowest BCUT2D eigenvalue weighted by atomic mass is 10.1. The Kier molecular flexibility index (Phi) is 4.54. The van der Waals surface area contributed by atoms with Crippen LogP contribution >= 0.6 is 34.5 Å². The molecular formula is C18H15Cl2N3OS. The van der Waals surface area contributed by atoms with Crippen molar-refractivity contribution in [1.82, 2.24) is 15.1 Å². The first-order valence-corrected chi connectivity index (χ1v) is 9.61. The monoisotopic (exact) mass is 391 g/mol. The lowest BCUT2D eigenvalue weighted by molar-refractivity contribution is 0.0950. The highest BCUT2D eigenvalue weighted by Gasteiger charge is 2.33. The molecule has 128 valence electrons. The zero-order valence-corrected chi connectivity index (χ0v) is 15.5. The second-order valence-electron chi connectivity index (χ2n) is 5.99. The highest BCUT2D eigenvalue weighted by Crippen LogP contribution is 2.43. The van der Waals surface area contributed by atoms with Crippen LogP contribution < -0.4 is 5.32 Å². The van der Waals surface area contributed by atoms with Crippen molar-refractivity contribution in [2.75, 3.05) is 0 Å². The predicted octanol–water partition coefficient (Wildman–Crippen LogP) is 5.05. The summed E-state index contributed by atoms with van der Waals surface area (Å²) in [6.45, 7) is 0.521. The van der Waals surface area contributed by atoms with Crippen LogP contribution in [0, 0.1) is 0 Å². The van der Waals surface area contributed by atoms with Crippen molar-refractivity contribution in [3.05, 3.63) is 68.1 Å². The number of benzene rings is 1. The third-order valence-corrected chi connectivity index (χ3v) is 5.57. The lowest BCUT2D eigenvalue weighted by Gasteiger charge is -2.11. The minimum Gasteiger partial charge on any atom is -0.347 e. The first-order chi connectivity index (χ1) is 12.1. The van der Waals surface area contributed by atoms with E-state index < -0.39 is 0 Å². The first kappa shape index (κ1) is 16.6. The number of carbonyl (C=O) groups excluding carboxylic acids is 1. The van der Waals surface area contributed by atoms with Gasteiger partial charge in [0, 0.05) is 15.8 Å². The van der Waals surface area contributed by atoms with Crippen molar-refractivity contribution in [3.8, 4) is 5.69 Å². The van der Waals surface area contributed by atoms with Gasteiger partial charge >= 0.3 is 0 Å². The minimum absolute atomic E-state index is 0.105. The van der Waals surface area contributed by atoms with E-state index in [4.69, 9.17) is 23.2 Å². The minimum atomic E-state index is -0.105. The van der Waals surface area contributed by atoms with Gasteiger partial charge in [0.1, 0.15) is 0 Å². The van der Waals surface area contributed by atoms with E-state index in [2.05, 4.69) is 10.4 Å². The normalized spacial score (nSPS) is 13.8. The van der Waals surface area contributed by atoms with Gasteiger partial charge in [-0.05, 0) is 42.5 Å². The molecule has 1 saturated carbocycles. The number of hydrogen-bond acceptors (Lipinski definition) is 3. The van der Waals surface area contributed by atoms with E-state index in [-0.39, 0.29) is 5.91 Å². The number of thiophene rings is 1. The molecule has 7 heteroatoms. The molecule has 1 amide bonds. The van der Waals surface area contributed by atoms with Gasteiger partial charge in [-0.15, -0.1) is 11.3 Å². The molecule has 1 aliphatic carbocycles. The molecule has 4 nitrogen and oxygen atoms in total. The fraction of sp³-hybridized carbons (Fsp3) is 0.222. The Hall–Kier alpha value is -1.82. The Morgan fingerprint density at radius 1 is 1.32 bits per heavy atom. The lowest BCUT2D eigenvalue weighted by Crippen LogP contribution is -2.23. The fourth-order valence-corrected chi connectivity index (χ4v) is 3.94. The van der Waals surface area contributed by atoms with Crippen molar-refractivity contribution in [3.63, 3.8) is 0 Å². The summed E-state index contributed by atoms with van der Waals surface area (Å²) in [5.74, 6) is 0.239. The Labute approximate surface area is 159 Å². The quantitative estimate of drug-likeness (QED) is 0.661. The molecule has 25 heavy (non-hydrogen) atoms. The van der Waals surface area contributed by atoms with Gasteiger partial charge in [0.25, 0.3) is 5.91 Å². The number of hydrogen-bond donors (Lipinski definition) is 1. The number of rotatable bonds is 5. The van der Waals surface area contributed by atoms with Crippen LogP contribution in [0.15, 0.2) is 41.9 Å². The third kappa shape index (κ3) is 3.45. The molecule has 1 fully saturated rings. The van der Waals surface area contributed by atoms with E-state index in [1.165, 1.54) is 0 Å². The third-order valence-electron chi connectivity index (χ3n) is 4.16. The number of nitrogens with zero attached hydrogens (tertiary/aromatic N) is 2. The summed E-state index contributed by atoms with van der Waals surface area (Å²) in [4.78, 5) is 13.8. The van der Waals surface area contributed by atoms with Gasteiger partial charge in [0.2, 0.25) is 0 Å². The van der Waals surface area contributed by atoms with Crippen LogP contribution in [0.4, 0.5) is 0 Å². The Morgan fingerprint density at radius 3 is 2.84 bits per heavy atom. The average Bonchev–Trinajstić information content (AvgIpc) is 3.12. The maximum Gasteiger partial charge on any atom is 0.255 e. The molecule has 1 aliphatic rings. The van der Waals surface area contributed by atoms with Gasteiger partial charge in [0.15, 0.2) is 0 Å². The smallest absolute Gasteiger partial charge is 0.255 e. The Morgan fingerprint density at radius 2 is 2.16 bits per heavy atom. The average molecular weight is 392 g/mol. The number of nitrogens with one attached hydrogen (secondary N) is 1. The number of amides is 1. The predicted molar refractivity (Wildman–Crippen MR) is 101 cm³/mol. The van der Waals surface area contributed by atoms with Crippen molar-refractivity contribution in [2.24, 2.45) is 0 Å². The van der Waals surface area contributed by atoms with Gasteiger partial charge in [0.05, 0.1) is 34.7 Å². The summed E-state index contributed by atoms with van der Waals surface area (Å²) in [6.07, 6.45) is 3.74. The SMILES string of the molecule is O=C(NCc1cccs1)c1cnn(-c2ccc(Cl)cc2Cl)c1C1CC1. The van der Waals surface area contributed by atoms with Gasteiger partial charge in [-0.3, -0.25) is 4.79 Å². The van der Waals surface area contributed by atoms with E-state index in [0.29, 0.717) is 28.1 Å². The van der Waals surface area contributed by atoms with Crippen LogP contribution in [0.2, 0.25) is 10.0 Å². The van der Waals surface area contributed by atoms with Gasteiger partial charge < -0.3 is 5.32 Å². The molecule has 0 radical (unpaired) electrons. The van der Waals surface area contributed by atoms with Crippen LogP contribution in [0.25, 0.3) is 5.69 Å². The van der Waals surface area contributed by atoms with Gasteiger partial charge in [-0.2, -0.15) is 5.10 Å². The largest absolute Gasteiger partial charge is 0.347 e. The van der Waals surface area contributed by atoms with Gasteiger partial charge in [-0.1, -0.05) is 29.3 Å². The van der Waals surface area contributed by atoms with Crippen LogP contribution in [-0.2, 0) is 6.54 Å². The summed E-state index contributed by atoms with van der Waals surface area (Å²) >= 11 is 13.9. The van der Waals surface area contributed by atoms with Crippen LogP contribution in [0.1, 0.15) is 39.7 Å². The molecule has 1 aromatic carbocycles. The zero-order chi connectivity index (χ0) is 17.4. The summed E-state index contributed by atoms with van der Waals surface area (Å²) in [5.41, 5.74) is 2.28. The second kappa shape index (κ2) is 6.83. The maximum absolute atomic E-state index is 12.7. The molecule has 4 rings (SSSR count). The van der Waals surface area contributed by atoms with E-state index >= 15 is 0 Å². The molecule has 0 aliphatic heterocycles. The molecule has 0 bridgehead atoms. The molecule has 0 spiro atoms. The number of aromatic nitrogens is 2. The summed E-state index contributed by atoms with van der Waals surface area (Å²) in [6, 6.07) is 9.27. The zero-order valence-electron chi connectivity index (χ0n) is 13.2. The molecule has 0 saturated heterocycles. The number of halogens is 2. The maximum atomic E-state index is 12.7. The van der Waals surface area contributed by atoms with Crippen LogP contribution in [-0.4, -0.2) is 15.7 Å². The van der Waals surface area contributed by atoms with Crippen LogP contribution in [0.5, 0.6) is 0 Å². The number of carbonyl (C=O) groups is 1. The van der Waals surface area contributed by atoms with E-state index in [1.807, 2.05) is 23.6 Å². The molecule has 1 N–H and O–H groups in total. The van der Waals surface area contributed by atoms with Crippen molar-refractivity contribution in [1.29, 1.82) is 0 Å². The van der Waals surface area contributed by atoms with Crippen molar-refractivity contribution >= 4 is 40.4 Å².